The number of amides is 1. The first-order valence-corrected chi connectivity index (χ1v) is 8.76. The average molecular weight is 396 g/mol. The van der Waals surface area contributed by atoms with Crippen molar-refractivity contribution in [3.05, 3.63) is 70.2 Å². The van der Waals surface area contributed by atoms with Crippen LogP contribution < -0.4 is 0 Å². The molecule has 0 N–H and O–H groups in total. The third-order valence-electron chi connectivity index (χ3n) is 4.94. The first-order chi connectivity index (χ1) is 12.6. The molecule has 1 aliphatic heterocycles. The van der Waals surface area contributed by atoms with E-state index >= 15 is 0 Å². The van der Waals surface area contributed by atoms with Crippen molar-refractivity contribution in [1.29, 1.82) is 0 Å². The Bertz CT molecular complexity index is 862. The number of benzene rings is 2. The molecule has 1 aliphatic rings. The van der Waals surface area contributed by atoms with Crippen LogP contribution in [0.25, 0.3) is 0 Å². The quantitative estimate of drug-likeness (QED) is 0.673. The predicted molar refractivity (Wildman–Crippen MR) is 95.4 cm³/mol. The summed E-state index contributed by atoms with van der Waals surface area (Å²) >= 11 is 5.86. The van der Waals surface area contributed by atoms with Gasteiger partial charge in [0.25, 0.3) is 0 Å². The third-order valence-corrected chi connectivity index (χ3v) is 5.19. The van der Waals surface area contributed by atoms with Crippen molar-refractivity contribution < 1.29 is 22.8 Å². The Morgan fingerprint density at radius 1 is 1.11 bits per heavy atom. The summed E-state index contributed by atoms with van der Waals surface area (Å²) in [6.45, 7) is 1.77. The number of hydrogen-bond donors (Lipinski definition) is 0. The molecule has 142 valence electrons. The van der Waals surface area contributed by atoms with E-state index in [1.54, 1.807) is 31.2 Å². The molecule has 27 heavy (non-hydrogen) atoms. The van der Waals surface area contributed by atoms with Crippen molar-refractivity contribution >= 4 is 23.3 Å². The molecule has 7 heteroatoms. The van der Waals surface area contributed by atoms with Crippen molar-refractivity contribution in [1.82, 2.24) is 4.90 Å². The number of halogens is 4. The van der Waals surface area contributed by atoms with Gasteiger partial charge in [0.15, 0.2) is 5.78 Å². The van der Waals surface area contributed by atoms with Crippen LogP contribution in [-0.2, 0) is 17.5 Å². The van der Waals surface area contributed by atoms with Crippen molar-refractivity contribution in [2.45, 2.75) is 38.0 Å². The minimum Gasteiger partial charge on any atom is -0.326 e. The van der Waals surface area contributed by atoms with Gasteiger partial charge in [0.1, 0.15) is 5.54 Å². The molecule has 1 amide bonds. The fraction of sp³-hybridized carbons (Fsp3) is 0.300. The molecule has 3 rings (SSSR count). The van der Waals surface area contributed by atoms with Crippen LogP contribution in [0.1, 0.15) is 41.3 Å². The van der Waals surface area contributed by atoms with E-state index in [9.17, 15) is 22.8 Å². The normalized spacial score (nSPS) is 20.2. The van der Waals surface area contributed by atoms with E-state index in [-0.39, 0.29) is 24.7 Å². The van der Waals surface area contributed by atoms with Gasteiger partial charge in [0, 0.05) is 23.6 Å². The van der Waals surface area contributed by atoms with Crippen molar-refractivity contribution in [2.24, 2.45) is 0 Å². The van der Waals surface area contributed by atoms with Gasteiger partial charge in [0.2, 0.25) is 5.91 Å². The van der Waals surface area contributed by atoms with E-state index in [4.69, 9.17) is 11.6 Å². The van der Waals surface area contributed by atoms with Crippen LogP contribution in [0.5, 0.6) is 0 Å². The second-order valence-electron chi connectivity index (χ2n) is 6.78. The Morgan fingerprint density at radius 2 is 1.70 bits per heavy atom. The van der Waals surface area contributed by atoms with Crippen LogP contribution in [0.4, 0.5) is 13.2 Å². The number of hydrogen-bond acceptors (Lipinski definition) is 2. The zero-order chi connectivity index (χ0) is 19.8. The molecular formula is C20H17ClF3NO2. The van der Waals surface area contributed by atoms with Gasteiger partial charge < -0.3 is 4.90 Å². The van der Waals surface area contributed by atoms with Gasteiger partial charge in [-0.25, -0.2) is 0 Å². The smallest absolute Gasteiger partial charge is 0.326 e. The number of carbonyl (C=O) groups is 2. The lowest BCUT2D eigenvalue weighted by Gasteiger charge is -2.34. The highest BCUT2D eigenvalue weighted by Gasteiger charge is 2.47. The molecule has 0 saturated carbocycles. The zero-order valence-corrected chi connectivity index (χ0v) is 15.3. The topological polar surface area (TPSA) is 37.4 Å². The number of ketones is 1. The lowest BCUT2D eigenvalue weighted by molar-refractivity contribution is -0.137. The fourth-order valence-electron chi connectivity index (χ4n) is 3.29. The molecule has 0 bridgehead atoms. The van der Waals surface area contributed by atoms with Crippen LogP contribution in [0.3, 0.4) is 0 Å². The Kier molecular flexibility index (Phi) is 5.04. The van der Waals surface area contributed by atoms with Crippen molar-refractivity contribution in [3.8, 4) is 0 Å². The van der Waals surface area contributed by atoms with E-state index in [2.05, 4.69) is 0 Å². The summed E-state index contributed by atoms with van der Waals surface area (Å²) in [5.74, 6) is -0.406. The monoisotopic (exact) mass is 395 g/mol. The molecule has 0 aliphatic carbocycles. The first kappa shape index (κ1) is 19.4. The summed E-state index contributed by atoms with van der Waals surface area (Å²) in [6, 6.07) is 11.1. The van der Waals surface area contributed by atoms with E-state index in [1.807, 2.05) is 0 Å². The van der Waals surface area contributed by atoms with E-state index in [0.29, 0.717) is 22.6 Å². The molecule has 0 radical (unpaired) electrons. The summed E-state index contributed by atoms with van der Waals surface area (Å²) in [5, 5.41) is 0.501. The standard InChI is InChI=1S/C20H17ClF3NO2/c1-19(18(27)14-4-8-16(21)9-5-14)11-10-17(26)25(19)12-13-2-6-15(7-3-13)20(22,23)24/h2-9H,10-12H2,1H3. The molecule has 1 fully saturated rings. The maximum atomic E-state index is 13.0. The zero-order valence-electron chi connectivity index (χ0n) is 14.5. The number of Topliss-reactive ketones (excluding diaryl/α,β-unsaturated/α-hetero) is 1. The summed E-state index contributed by atoms with van der Waals surface area (Å²) < 4.78 is 38.1. The molecule has 1 saturated heterocycles. The van der Waals surface area contributed by atoms with Gasteiger partial charge >= 0.3 is 6.18 Å². The summed E-state index contributed by atoms with van der Waals surface area (Å²) in [7, 11) is 0. The predicted octanol–water partition coefficient (Wildman–Crippen LogP) is 5.12. The van der Waals surface area contributed by atoms with Gasteiger partial charge in [-0.1, -0.05) is 23.7 Å². The Hall–Kier alpha value is -2.34. The van der Waals surface area contributed by atoms with Crippen LogP contribution in [-0.4, -0.2) is 22.1 Å². The maximum absolute atomic E-state index is 13.0. The van der Waals surface area contributed by atoms with Crippen LogP contribution in [0.15, 0.2) is 48.5 Å². The van der Waals surface area contributed by atoms with E-state index in [1.165, 1.54) is 17.0 Å². The van der Waals surface area contributed by atoms with Crippen molar-refractivity contribution in [2.75, 3.05) is 0 Å². The first-order valence-electron chi connectivity index (χ1n) is 8.38. The average Bonchev–Trinajstić information content (AvgIpc) is 2.91. The molecular weight excluding hydrogens is 379 g/mol. The van der Waals surface area contributed by atoms with Gasteiger partial charge in [-0.3, -0.25) is 9.59 Å². The number of likely N-dealkylation sites (tertiary alicyclic amines) is 1. The molecule has 2 aromatic rings. The maximum Gasteiger partial charge on any atom is 0.416 e. The molecule has 0 spiro atoms. The van der Waals surface area contributed by atoms with Crippen molar-refractivity contribution in [3.63, 3.8) is 0 Å². The minimum absolute atomic E-state index is 0.0762. The van der Waals surface area contributed by atoms with Crippen LogP contribution in [0.2, 0.25) is 5.02 Å². The van der Waals surface area contributed by atoms with Crippen LogP contribution >= 0.6 is 11.6 Å². The molecule has 1 unspecified atom stereocenters. The lowest BCUT2D eigenvalue weighted by Crippen LogP contribution is -2.49. The van der Waals surface area contributed by atoms with Gasteiger partial charge in [0.05, 0.1) is 5.56 Å². The Balaban J connectivity index is 1.85. The SMILES string of the molecule is CC1(C(=O)c2ccc(Cl)cc2)CCC(=O)N1Cc1ccc(C(F)(F)F)cc1. The number of nitrogens with zero attached hydrogens (tertiary/aromatic N) is 1. The minimum atomic E-state index is -4.42. The highest BCUT2D eigenvalue weighted by molar-refractivity contribution is 6.30. The lowest BCUT2D eigenvalue weighted by atomic mass is 9.88. The second kappa shape index (κ2) is 7.00. The van der Waals surface area contributed by atoms with E-state index < -0.39 is 17.3 Å². The van der Waals surface area contributed by atoms with Gasteiger partial charge in [-0.05, 0) is 55.3 Å². The number of carbonyl (C=O) groups excluding carboxylic acids is 2. The second-order valence-corrected chi connectivity index (χ2v) is 7.22. The molecule has 1 heterocycles. The van der Waals surface area contributed by atoms with E-state index in [0.717, 1.165) is 12.1 Å². The van der Waals surface area contributed by atoms with Gasteiger partial charge in [-0.2, -0.15) is 13.2 Å². The third kappa shape index (κ3) is 3.86. The fourth-order valence-corrected chi connectivity index (χ4v) is 3.41. The Morgan fingerprint density at radius 3 is 2.26 bits per heavy atom. The summed E-state index contributed by atoms with van der Waals surface area (Å²) in [4.78, 5) is 26.9. The number of rotatable bonds is 4. The highest BCUT2D eigenvalue weighted by atomic mass is 35.5. The molecule has 2 aromatic carbocycles. The molecule has 0 aromatic heterocycles. The highest BCUT2D eigenvalue weighted by Crippen LogP contribution is 2.35. The summed E-state index contributed by atoms with van der Waals surface area (Å²) in [5.41, 5.74) is -0.824. The van der Waals surface area contributed by atoms with Gasteiger partial charge in [-0.15, -0.1) is 0 Å². The largest absolute Gasteiger partial charge is 0.416 e. The Labute approximate surface area is 159 Å². The number of alkyl halides is 3. The molecule has 3 nitrogen and oxygen atoms in total. The summed E-state index contributed by atoms with van der Waals surface area (Å²) in [6.07, 6.45) is -3.84. The molecule has 1 atom stereocenters. The van der Waals surface area contributed by atoms with Crippen LogP contribution in [0, 0.1) is 0 Å².